The summed E-state index contributed by atoms with van der Waals surface area (Å²) in [5.74, 6) is -1.37. The van der Waals surface area contributed by atoms with Gasteiger partial charge < -0.3 is 4.84 Å². The lowest BCUT2D eigenvalue weighted by molar-refractivity contribution is 0.0519. The number of halogens is 4. The predicted octanol–water partition coefficient (Wildman–Crippen LogP) is 4.37. The summed E-state index contributed by atoms with van der Waals surface area (Å²) in [5, 5.41) is 3.60. The van der Waals surface area contributed by atoms with E-state index in [0.717, 1.165) is 0 Å². The zero-order valence-corrected chi connectivity index (χ0v) is 12.5. The highest BCUT2D eigenvalue weighted by Crippen LogP contribution is 2.18. The van der Waals surface area contributed by atoms with Gasteiger partial charge in [0.2, 0.25) is 0 Å². The second-order valence-corrected chi connectivity index (χ2v) is 4.98. The fraction of sp³-hybridized carbons (Fsp3) is 0. The summed E-state index contributed by atoms with van der Waals surface area (Å²) in [4.78, 5) is 20.1. The Kier molecular flexibility index (Phi) is 5.12. The van der Waals surface area contributed by atoms with Gasteiger partial charge in [0, 0.05) is 6.20 Å². The minimum atomic E-state index is -0.820. The summed E-state index contributed by atoms with van der Waals surface area (Å²) in [6.07, 6.45) is 2.50. The molecule has 0 aliphatic heterocycles. The van der Waals surface area contributed by atoms with E-state index in [1.54, 1.807) is 0 Å². The molecule has 108 valence electrons. The zero-order chi connectivity index (χ0) is 15.4. The van der Waals surface area contributed by atoms with Gasteiger partial charge in [-0.3, -0.25) is 0 Å². The van der Waals surface area contributed by atoms with Crippen LogP contribution >= 0.6 is 34.8 Å². The Bertz CT molecular complexity index is 723. The lowest BCUT2D eigenvalue weighted by Crippen LogP contribution is -2.03. The largest absolute Gasteiger partial charge is 0.368 e. The number of carbonyl (C=O) groups is 1. The molecule has 4 nitrogen and oxygen atoms in total. The first-order valence-corrected chi connectivity index (χ1v) is 6.61. The van der Waals surface area contributed by atoms with Crippen molar-refractivity contribution in [2.24, 2.45) is 5.16 Å². The summed E-state index contributed by atoms with van der Waals surface area (Å²) in [6.45, 7) is 0. The van der Waals surface area contributed by atoms with Crippen LogP contribution in [0.1, 0.15) is 15.9 Å². The average Bonchev–Trinajstić information content (AvgIpc) is 2.45. The highest BCUT2D eigenvalue weighted by molar-refractivity contribution is 6.34. The van der Waals surface area contributed by atoms with Crippen molar-refractivity contribution in [3.63, 3.8) is 0 Å². The molecule has 2 aromatic rings. The third-order valence-electron chi connectivity index (χ3n) is 2.31. The number of hydrogen-bond donors (Lipinski definition) is 0. The molecule has 0 N–H and O–H groups in total. The molecule has 0 bridgehead atoms. The van der Waals surface area contributed by atoms with Crippen LogP contribution in [0.25, 0.3) is 0 Å². The third kappa shape index (κ3) is 4.14. The number of rotatable bonds is 3. The smallest absolute Gasteiger partial charge is 0.313 e. The molecule has 8 heteroatoms. The Labute approximate surface area is 134 Å². The number of nitrogens with zero attached hydrogens (tertiary/aromatic N) is 2. The maximum Gasteiger partial charge on any atom is 0.368 e. The van der Waals surface area contributed by atoms with Gasteiger partial charge in [0.15, 0.2) is 0 Å². The standard InChI is InChI=1S/C13H6Cl3FN2O2/c14-8-4-9(12(16)18-6-8)13(20)21-19-5-7-1-2-11(17)10(15)3-7/h1-6H. The van der Waals surface area contributed by atoms with Gasteiger partial charge >= 0.3 is 5.97 Å². The molecular formula is C13H6Cl3FN2O2. The Morgan fingerprint density at radius 2 is 2.05 bits per heavy atom. The quantitative estimate of drug-likeness (QED) is 0.358. The van der Waals surface area contributed by atoms with E-state index in [9.17, 15) is 9.18 Å². The first-order chi connectivity index (χ1) is 9.97. The van der Waals surface area contributed by atoms with Crippen LogP contribution in [0.5, 0.6) is 0 Å². The van der Waals surface area contributed by atoms with Gasteiger partial charge in [0.1, 0.15) is 16.5 Å². The molecule has 0 saturated heterocycles. The summed E-state index contributed by atoms with van der Waals surface area (Å²) in [5.41, 5.74) is 0.447. The monoisotopic (exact) mass is 346 g/mol. The molecule has 0 spiro atoms. The summed E-state index contributed by atoms with van der Waals surface area (Å²) in [6, 6.07) is 5.24. The van der Waals surface area contributed by atoms with E-state index in [2.05, 4.69) is 15.0 Å². The highest BCUT2D eigenvalue weighted by atomic mass is 35.5. The van der Waals surface area contributed by atoms with Gasteiger partial charge in [-0.05, 0) is 23.8 Å². The summed E-state index contributed by atoms with van der Waals surface area (Å²) < 4.78 is 13.0. The lowest BCUT2D eigenvalue weighted by atomic mass is 10.2. The topological polar surface area (TPSA) is 51.5 Å². The number of pyridine rings is 1. The number of hydrogen-bond acceptors (Lipinski definition) is 4. The molecule has 1 heterocycles. The fourth-order valence-electron chi connectivity index (χ4n) is 1.34. The zero-order valence-electron chi connectivity index (χ0n) is 10.2. The SMILES string of the molecule is O=C(ON=Cc1ccc(F)c(Cl)c1)c1cc(Cl)cnc1Cl. The van der Waals surface area contributed by atoms with Crippen molar-refractivity contribution in [3.8, 4) is 0 Å². The molecule has 0 fully saturated rings. The fourth-order valence-corrected chi connectivity index (χ4v) is 1.87. The van der Waals surface area contributed by atoms with E-state index in [1.165, 1.54) is 36.7 Å². The molecule has 21 heavy (non-hydrogen) atoms. The average molecular weight is 348 g/mol. The van der Waals surface area contributed by atoms with E-state index in [-0.39, 0.29) is 20.8 Å². The van der Waals surface area contributed by atoms with Crippen molar-refractivity contribution >= 4 is 47.0 Å². The number of aromatic nitrogens is 1. The Hall–Kier alpha value is -1.69. The van der Waals surface area contributed by atoms with E-state index < -0.39 is 11.8 Å². The Balaban J connectivity index is 2.08. The van der Waals surface area contributed by atoms with Crippen molar-refractivity contribution in [2.45, 2.75) is 0 Å². The Morgan fingerprint density at radius 1 is 1.29 bits per heavy atom. The predicted molar refractivity (Wildman–Crippen MR) is 78.7 cm³/mol. The van der Waals surface area contributed by atoms with E-state index in [4.69, 9.17) is 34.8 Å². The minimum absolute atomic E-state index is 0.0153. The van der Waals surface area contributed by atoms with Gasteiger partial charge in [0.25, 0.3) is 0 Å². The van der Waals surface area contributed by atoms with Crippen LogP contribution < -0.4 is 0 Å². The molecule has 0 unspecified atom stereocenters. The van der Waals surface area contributed by atoms with E-state index in [1.807, 2.05) is 0 Å². The van der Waals surface area contributed by atoms with Crippen molar-refractivity contribution in [1.29, 1.82) is 0 Å². The van der Waals surface area contributed by atoms with Gasteiger partial charge in [-0.25, -0.2) is 14.2 Å². The normalized spacial score (nSPS) is 10.9. The molecule has 0 saturated carbocycles. The molecule has 2 rings (SSSR count). The molecule has 0 aliphatic rings. The van der Waals surface area contributed by atoms with Crippen LogP contribution in [-0.2, 0) is 4.84 Å². The second-order valence-electron chi connectivity index (χ2n) is 3.78. The van der Waals surface area contributed by atoms with Gasteiger partial charge in [-0.15, -0.1) is 0 Å². The van der Waals surface area contributed by atoms with Gasteiger partial charge in [0.05, 0.1) is 16.3 Å². The first-order valence-electron chi connectivity index (χ1n) is 5.48. The highest BCUT2D eigenvalue weighted by Gasteiger charge is 2.13. The van der Waals surface area contributed by atoms with Crippen molar-refractivity contribution < 1.29 is 14.0 Å². The first kappa shape index (κ1) is 15.7. The van der Waals surface area contributed by atoms with Crippen molar-refractivity contribution in [2.75, 3.05) is 0 Å². The third-order valence-corrected chi connectivity index (χ3v) is 3.10. The van der Waals surface area contributed by atoms with Crippen LogP contribution in [0.2, 0.25) is 15.2 Å². The molecule has 0 atom stereocenters. The summed E-state index contributed by atoms with van der Waals surface area (Å²) >= 11 is 17.1. The van der Waals surface area contributed by atoms with Crippen LogP contribution in [0.15, 0.2) is 35.6 Å². The van der Waals surface area contributed by atoms with Crippen LogP contribution in [-0.4, -0.2) is 17.2 Å². The molecule has 0 radical (unpaired) electrons. The van der Waals surface area contributed by atoms with Gasteiger partial charge in [-0.2, -0.15) is 0 Å². The molecule has 0 amide bonds. The Morgan fingerprint density at radius 3 is 2.76 bits per heavy atom. The second kappa shape index (κ2) is 6.85. The van der Waals surface area contributed by atoms with Crippen molar-refractivity contribution in [1.82, 2.24) is 4.98 Å². The van der Waals surface area contributed by atoms with Crippen LogP contribution in [0.4, 0.5) is 4.39 Å². The number of carbonyl (C=O) groups excluding carboxylic acids is 1. The number of benzene rings is 1. The molecule has 1 aromatic heterocycles. The lowest BCUT2D eigenvalue weighted by Gasteiger charge is -2.00. The van der Waals surface area contributed by atoms with E-state index >= 15 is 0 Å². The maximum atomic E-state index is 13.0. The van der Waals surface area contributed by atoms with Gasteiger partial charge in [-0.1, -0.05) is 46.0 Å². The number of oxime groups is 1. The van der Waals surface area contributed by atoms with Crippen molar-refractivity contribution in [3.05, 3.63) is 62.6 Å². The maximum absolute atomic E-state index is 13.0. The van der Waals surface area contributed by atoms with E-state index in [0.29, 0.717) is 5.56 Å². The van der Waals surface area contributed by atoms with Crippen LogP contribution in [0.3, 0.4) is 0 Å². The summed E-state index contributed by atoms with van der Waals surface area (Å²) in [7, 11) is 0. The molecule has 1 aromatic carbocycles. The molecular weight excluding hydrogens is 342 g/mol. The molecule has 0 aliphatic carbocycles. The van der Waals surface area contributed by atoms with Crippen LogP contribution in [0, 0.1) is 5.82 Å². The minimum Gasteiger partial charge on any atom is -0.313 e.